The standard InChI is InChI=1S/C16H15F3N4O2/c1-10(24)21-6-7-22(11(2)25)23-9-14(20-15(21)23)12-4-3-5-13(8-12)16(17,18)19/h3-5,8-9H,6-7H2,1-2H3. The van der Waals surface area contributed by atoms with E-state index in [0.29, 0.717) is 0 Å². The number of fused-ring (bicyclic) bond motifs is 1. The molecule has 1 aliphatic rings. The Labute approximate surface area is 141 Å². The van der Waals surface area contributed by atoms with E-state index in [1.807, 2.05) is 0 Å². The fourth-order valence-corrected chi connectivity index (χ4v) is 2.73. The summed E-state index contributed by atoms with van der Waals surface area (Å²) in [7, 11) is 0. The van der Waals surface area contributed by atoms with Gasteiger partial charge in [0.1, 0.15) is 0 Å². The molecule has 0 saturated carbocycles. The summed E-state index contributed by atoms with van der Waals surface area (Å²) in [5, 5.41) is 1.39. The summed E-state index contributed by atoms with van der Waals surface area (Å²) in [6, 6.07) is 4.76. The second kappa shape index (κ2) is 5.91. The van der Waals surface area contributed by atoms with Crippen LogP contribution in [0.3, 0.4) is 0 Å². The Balaban J connectivity index is 2.10. The number of anilines is 1. The van der Waals surface area contributed by atoms with Crippen molar-refractivity contribution < 1.29 is 22.8 Å². The van der Waals surface area contributed by atoms with Gasteiger partial charge in [-0.05, 0) is 12.1 Å². The Hall–Kier alpha value is -2.84. The Kier molecular flexibility index (Phi) is 4.02. The molecular weight excluding hydrogens is 337 g/mol. The zero-order valence-electron chi connectivity index (χ0n) is 13.5. The lowest BCUT2D eigenvalue weighted by Gasteiger charge is -2.33. The van der Waals surface area contributed by atoms with Gasteiger partial charge in [-0.15, -0.1) is 0 Å². The first-order chi connectivity index (χ1) is 11.7. The molecule has 1 aromatic heterocycles. The maximum Gasteiger partial charge on any atom is 0.416 e. The summed E-state index contributed by atoms with van der Waals surface area (Å²) in [6.07, 6.45) is -3.01. The highest BCUT2D eigenvalue weighted by Crippen LogP contribution is 2.33. The van der Waals surface area contributed by atoms with Crippen LogP contribution in [0.4, 0.5) is 19.1 Å². The van der Waals surface area contributed by atoms with E-state index in [2.05, 4.69) is 4.98 Å². The first-order valence-electron chi connectivity index (χ1n) is 7.52. The zero-order chi connectivity index (χ0) is 18.4. The van der Waals surface area contributed by atoms with Gasteiger partial charge in [0.2, 0.25) is 17.8 Å². The van der Waals surface area contributed by atoms with Crippen LogP contribution in [-0.2, 0) is 15.8 Å². The molecule has 0 N–H and O–H groups in total. The smallest absolute Gasteiger partial charge is 0.279 e. The van der Waals surface area contributed by atoms with Crippen LogP contribution in [0.5, 0.6) is 0 Å². The first kappa shape index (κ1) is 17.0. The molecule has 2 heterocycles. The number of benzene rings is 1. The minimum Gasteiger partial charge on any atom is -0.279 e. The molecule has 0 aliphatic carbocycles. The Bertz CT molecular complexity index is 805. The average molecular weight is 352 g/mol. The van der Waals surface area contributed by atoms with Crippen LogP contribution in [0.25, 0.3) is 11.3 Å². The number of nitrogens with zero attached hydrogens (tertiary/aromatic N) is 4. The van der Waals surface area contributed by atoms with Crippen molar-refractivity contribution in [3.8, 4) is 11.3 Å². The molecule has 1 aromatic carbocycles. The molecule has 3 rings (SSSR count). The summed E-state index contributed by atoms with van der Waals surface area (Å²) >= 11 is 0. The summed E-state index contributed by atoms with van der Waals surface area (Å²) in [5.41, 5.74) is -0.285. The lowest BCUT2D eigenvalue weighted by molar-refractivity contribution is -0.137. The number of hydrogen-bond donors (Lipinski definition) is 0. The third-order valence-corrected chi connectivity index (χ3v) is 3.94. The number of hydrogen-bond acceptors (Lipinski definition) is 3. The van der Waals surface area contributed by atoms with Crippen molar-refractivity contribution in [2.45, 2.75) is 20.0 Å². The number of aromatic nitrogens is 2. The second-order valence-electron chi connectivity index (χ2n) is 5.66. The summed E-state index contributed by atoms with van der Waals surface area (Å²) in [6.45, 7) is 3.29. The number of alkyl halides is 3. The third kappa shape index (κ3) is 3.09. The second-order valence-corrected chi connectivity index (χ2v) is 5.66. The lowest BCUT2D eigenvalue weighted by Crippen LogP contribution is -2.51. The molecule has 2 aromatic rings. The monoisotopic (exact) mass is 352 g/mol. The number of rotatable bonds is 1. The largest absolute Gasteiger partial charge is 0.416 e. The molecule has 6 nitrogen and oxygen atoms in total. The van der Waals surface area contributed by atoms with E-state index >= 15 is 0 Å². The molecule has 0 spiro atoms. The number of carbonyl (C=O) groups excluding carboxylic acids is 2. The van der Waals surface area contributed by atoms with E-state index in [0.717, 1.165) is 12.1 Å². The molecule has 0 bridgehead atoms. The van der Waals surface area contributed by atoms with Gasteiger partial charge in [-0.2, -0.15) is 13.2 Å². The van der Waals surface area contributed by atoms with E-state index in [-0.39, 0.29) is 42.1 Å². The van der Waals surface area contributed by atoms with Crippen molar-refractivity contribution in [3.63, 3.8) is 0 Å². The summed E-state index contributed by atoms with van der Waals surface area (Å²) < 4.78 is 40.2. The van der Waals surface area contributed by atoms with Gasteiger partial charge in [0.15, 0.2) is 0 Å². The molecule has 0 fully saturated rings. The van der Waals surface area contributed by atoms with E-state index in [9.17, 15) is 22.8 Å². The van der Waals surface area contributed by atoms with E-state index in [1.165, 1.54) is 46.8 Å². The van der Waals surface area contributed by atoms with Crippen LogP contribution < -0.4 is 9.91 Å². The number of carbonyl (C=O) groups is 2. The minimum atomic E-state index is -4.47. The highest BCUT2D eigenvalue weighted by atomic mass is 19.4. The molecular formula is C16H15F3N4O2. The van der Waals surface area contributed by atoms with Gasteiger partial charge in [-0.3, -0.25) is 14.5 Å². The predicted octanol–water partition coefficient (Wildman–Crippen LogP) is 2.42. The van der Waals surface area contributed by atoms with Gasteiger partial charge >= 0.3 is 6.18 Å². The van der Waals surface area contributed by atoms with Crippen LogP contribution in [0.2, 0.25) is 0 Å². The maximum absolute atomic E-state index is 12.9. The lowest BCUT2D eigenvalue weighted by atomic mass is 10.1. The van der Waals surface area contributed by atoms with Gasteiger partial charge in [-0.1, -0.05) is 12.1 Å². The molecule has 0 radical (unpaired) electrons. The van der Waals surface area contributed by atoms with Crippen LogP contribution in [0, 0.1) is 0 Å². The molecule has 1 aliphatic heterocycles. The van der Waals surface area contributed by atoms with Crippen molar-refractivity contribution in [1.29, 1.82) is 0 Å². The van der Waals surface area contributed by atoms with Crippen molar-refractivity contribution in [2.24, 2.45) is 0 Å². The van der Waals surface area contributed by atoms with Gasteiger partial charge in [0.25, 0.3) is 0 Å². The molecule has 9 heteroatoms. The van der Waals surface area contributed by atoms with Crippen LogP contribution in [0.15, 0.2) is 30.5 Å². The topological polar surface area (TPSA) is 58.4 Å². The van der Waals surface area contributed by atoms with Crippen LogP contribution >= 0.6 is 0 Å². The molecule has 25 heavy (non-hydrogen) atoms. The Morgan fingerprint density at radius 1 is 1.12 bits per heavy atom. The quantitative estimate of drug-likeness (QED) is 0.792. The molecule has 0 unspecified atom stereocenters. The van der Waals surface area contributed by atoms with Gasteiger partial charge in [0.05, 0.1) is 24.0 Å². The van der Waals surface area contributed by atoms with Crippen molar-refractivity contribution in [3.05, 3.63) is 36.0 Å². The predicted molar refractivity (Wildman–Crippen MR) is 84.5 cm³/mol. The van der Waals surface area contributed by atoms with Crippen LogP contribution in [0.1, 0.15) is 19.4 Å². The number of imidazole rings is 1. The minimum absolute atomic E-state index is 0.210. The molecule has 2 amide bonds. The Morgan fingerprint density at radius 3 is 2.44 bits per heavy atom. The normalized spacial score (nSPS) is 14.4. The Morgan fingerprint density at radius 2 is 1.84 bits per heavy atom. The van der Waals surface area contributed by atoms with Gasteiger partial charge in [0, 0.05) is 26.0 Å². The van der Waals surface area contributed by atoms with Gasteiger partial charge < -0.3 is 0 Å². The molecule has 0 saturated heterocycles. The molecule has 132 valence electrons. The average Bonchev–Trinajstić information content (AvgIpc) is 2.97. The first-order valence-corrected chi connectivity index (χ1v) is 7.52. The van der Waals surface area contributed by atoms with Gasteiger partial charge in [-0.25, -0.2) is 14.7 Å². The van der Waals surface area contributed by atoms with E-state index < -0.39 is 11.7 Å². The maximum atomic E-state index is 12.9. The SMILES string of the molecule is CC(=O)N1CCN(C(C)=O)n2cc(-c3cccc(C(F)(F)F)c3)nc21. The van der Waals surface area contributed by atoms with E-state index in [4.69, 9.17) is 0 Å². The summed E-state index contributed by atoms with van der Waals surface area (Å²) in [4.78, 5) is 29.3. The van der Waals surface area contributed by atoms with Crippen molar-refractivity contribution >= 4 is 17.8 Å². The van der Waals surface area contributed by atoms with Crippen molar-refractivity contribution in [2.75, 3.05) is 23.0 Å². The highest BCUT2D eigenvalue weighted by molar-refractivity contribution is 5.93. The van der Waals surface area contributed by atoms with E-state index in [1.54, 1.807) is 0 Å². The number of halogens is 3. The zero-order valence-corrected chi connectivity index (χ0v) is 13.5. The van der Waals surface area contributed by atoms with Crippen LogP contribution in [-0.4, -0.2) is 34.6 Å². The fraction of sp³-hybridized carbons (Fsp3) is 0.312. The van der Waals surface area contributed by atoms with Crippen molar-refractivity contribution in [1.82, 2.24) is 9.66 Å². The summed E-state index contributed by atoms with van der Waals surface area (Å²) in [5.74, 6) is -0.301. The molecule has 0 atom stereocenters. The fourth-order valence-electron chi connectivity index (χ4n) is 2.73. The highest BCUT2D eigenvalue weighted by Gasteiger charge is 2.32. The number of amides is 2. The third-order valence-electron chi connectivity index (χ3n) is 3.94.